The number of imide groups is 1. The Labute approximate surface area is 112 Å². The molecule has 5 nitrogen and oxygen atoms in total. The van der Waals surface area contributed by atoms with Crippen LogP contribution in [0.4, 0.5) is 0 Å². The van der Waals surface area contributed by atoms with E-state index in [2.05, 4.69) is 5.32 Å². The first-order valence-corrected chi connectivity index (χ1v) is 6.28. The Morgan fingerprint density at radius 2 is 1.42 bits per heavy atom. The Hall–Kier alpha value is -1.72. The maximum absolute atomic E-state index is 10.9. The molecule has 1 heterocycles. The van der Waals surface area contributed by atoms with Gasteiger partial charge in [-0.3, -0.25) is 14.9 Å². The molecule has 0 bridgehead atoms. The minimum absolute atomic E-state index is 0.0370. The molecular formula is C14H19NO4. The van der Waals surface area contributed by atoms with Crippen molar-refractivity contribution in [1.82, 2.24) is 5.32 Å². The van der Waals surface area contributed by atoms with Gasteiger partial charge in [0.25, 0.3) is 11.8 Å². The maximum atomic E-state index is 10.9. The van der Waals surface area contributed by atoms with Gasteiger partial charge in [0, 0.05) is 13.2 Å². The molecule has 5 heteroatoms. The summed E-state index contributed by atoms with van der Waals surface area (Å²) in [7, 11) is 0. The second kappa shape index (κ2) is 7.66. The van der Waals surface area contributed by atoms with Crippen LogP contribution >= 0.6 is 0 Å². The summed E-state index contributed by atoms with van der Waals surface area (Å²) in [6.07, 6.45) is -0.0370. The second-order valence-electron chi connectivity index (χ2n) is 3.81. The Kier molecular flexibility index (Phi) is 6.18. The number of carbonyl (C=O) groups excluding carboxylic acids is 2. The monoisotopic (exact) mass is 265 g/mol. The van der Waals surface area contributed by atoms with Crippen LogP contribution in [0, 0.1) is 0 Å². The number of nitrogens with one attached hydrogen (secondary N) is 1. The lowest BCUT2D eigenvalue weighted by atomic mass is 10.1. The van der Waals surface area contributed by atoms with Crippen LogP contribution in [-0.4, -0.2) is 31.3 Å². The number of carbonyl (C=O) groups is 2. The molecule has 0 spiro atoms. The zero-order valence-electron chi connectivity index (χ0n) is 11.4. The Morgan fingerprint density at radius 1 is 1.00 bits per heavy atom. The molecule has 2 rings (SSSR count). The molecule has 1 aromatic rings. The van der Waals surface area contributed by atoms with E-state index in [0.717, 1.165) is 13.2 Å². The Bertz CT molecular complexity index is 406. The van der Waals surface area contributed by atoms with Gasteiger partial charge in [0.1, 0.15) is 0 Å². The van der Waals surface area contributed by atoms with Gasteiger partial charge in [0.05, 0.1) is 11.1 Å². The molecule has 0 aliphatic carbocycles. The molecule has 1 aliphatic heterocycles. The van der Waals surface area contributed by atoms with Gasteiger partial charge in [-0.2, -0.15) is 0 Å². The third kappa shape index (κ3) is 4.46. The number of rotatable bonds is 4. The average molecular weight is 265 g/mol. The van der Waals surface area contributed by atoms with Crippen molar-refractivity contribution in [1.29, 1.82) is 0 Å². The zero-order chi connectivity index (χ0) is 14.3. The Morgan fingerprint density at radius 3 is 1.79 bits per heavy atom. The van der Waals surface area contributed by atoms with Crippen molar-refractivity contribution in [3.8, 4) is 0 Å². The highest BCUT2D eigenvalue weighted by Gasteiger charge is 2.25. The molecule has 1 aromatic carbocycles. The molecule has 0 unspecified atom stereocenters. The van der Waals surface area contributed by atoms with E-state index in [1.807, 2.05) is 20.8 Å². The van der Waals surface area contributed by atoms with Crippen LogP contribution in [0.1, 0.15) is 41.5 Å². The number of amides is 2. The molecule has 2 amide bonds. The van der Waals surface area contributed by atoms with Gasteiger partial charge in [0.2, 0.25) is 0 Å². The first-order valence-electron chi connectivity index (χ1n) is 6.28. The molecule has 0 saturated heterocycles. The minimum Gasteiger partial charge on any atom is -0.353 e. The van der Waals surface area contributed by atoms with Gasteiger partial charge in [-0.1, -0.05) is 12.1 Å². The Balaban J connectivity index is 0.000000203. The van der Waals surface area contributed by atoms with E-state index >= 15 is 0 Å². The molecule has 0 aromatic heterocycles. The predicted molar refractivity (Wildman–Crippen MR) is 71.0 cm³/mol. The molecule has 0 fully saturated rings. The predicted octanol–water partition coefficient (Wildman–Crippen LogP) is 1.98. The summed E-state index contributed by atoms with van der Waals surface area (Å²) in [6.45, 7) is 7.25. The van der Waals surface area contributed by atoms with Crippen LogP contribution in [0.25, 0.3) is 0 Å². The summed E-state index contributed by atoms with van der Waals surface area (Å²) in [6, 6.07) is 6.74. The summed E-state index contributed by atoms with van der Waals surface area (Å²) >= 11 is 0. The van der Waals surface area contributed by atoms with Crippen LogP contribution < -0.4 is 5.32 Å². The molecule has 104 valence electrons. The number of hydrogen-bond acceptors (Lipinski definition) is 4. The SMILES string of the molecule is CCOC(C)OCC.O=C1NC(=O)c2ccccc21. The third-order valence-corrected chi connectivity index (χ3v) is 2.45. The van der Waals surface area contributed by atoms with E-state index in [4.69, 9.17) is 9.47 Å². The number of fused-ring (bicyclic) bond motifs is 1. The number of ether oxygens (including phenoxy) is 2. The van der Waals surface area contributed by atoms with E-state index in [1.54, 1.807) is 24.3 Å². The van der Waals surface area contributed by atoms with Crippen LogP contribution in [0.15, 0.2) is 24.3 Å². The van der Waals surface area contributed by atoms with Crippen molar-refractivity contribution in [2.75, 3.05) is 13.2 Å². The van der Waals surface area contributed by atoms with Gasteiger partial charge < -0.3 is 9.47 Å². The minimum atomic E-state index is -0.300. The summed E-state index contributed by atoms with van der Waals surface area (Å²) in [5.74, 6) is -0.601. The average Bonchev–Trinajstić information content (AvgIpc) is 2.67. The molecule has 1 aliphatic rings. The first kappa shape index (κ1) is 15.3. The second-order valence-corrected chi connectivity index (χ2v) is 3.81. The highest BCUT2D eigenvalue weighted by atomic mass is 16.7. The quantitative estimate of drug-likeness (QED) is 0.668. The number of benzene rings is 1. The van der Waals surface area contributed by atoms with E-state index in [-0.39, 0.29) is 18.1 Å². The topological polar surface area (TPSA) is 64.6 Å². The van der Waals surface area contributed by atoms with Crippen molar-refractivity contribution in [3.05, 3.63) is 35.4 Å². The van der Waals surface area contributed by atoms with Crippen molar-refractivity contribution in [2.24, 2.45) is 0 Å². The molecular weight excluding hydrogens is 246 g/mol. The fourth-order valence-electron chi connectivity index (χ4n) is 1.63. The van der Waals surface area contributed by atoms with Gasteiger partial charge in [-0.05, 0) is 32.9 Å². The van der Waals surface area contributed by atoms with Crippen molar-refractivity contribution in [2.45, 2.75) is 27.1 Å². The fourth-order valence-corrected chi connectivity index (χ4v) is 1.63. The molecule has 0 radical (unpaired) electrons. The van der Waals surface area contributed by atoms with E-state index in [0.29, 0.717) is 11.1 Å². The molecule has 1 N–H and O–H groups in total. The molecule has 0 saturated carbocycles. The smallest absolute Gasteiger partial charge is 0.258 e. The number of hydrogen-bond donors (Lipinski definition) is 1. The highest BCUT2D eigenvalue weighted by Crippen LogP contribution is 2.13. The van der Waals surface area contributed by atoms with Crippen molar-refractivity contribution < 1.29 is 19.1 Å². The normalized spacial score (nSPS) is 12.8. The van der Waals surface area contributed by atoms with E-state index in [1.165, 1.54) is 0 Å². The molecule has 19 heavy (non-hydrogen) atoms. The van der Waals surface area contributed by atoms with Crippen molar-refractivity contribution >= 4 is 11.8 Å². The van der Waals surface area contributed by atoms with Crippen LogP contribution in [0.2, 0.25) is 0 Å². The lowest BCUT2D eigenvalue weighted by Crippen LogP contribution is -2.19. The van der Waals surface area contributed by atoms with Gasteiger partial charge in [-0.15, -0.1) is 0 Å². The van der Waals surface area contributed by atoms with E-state index < -0.39 is 0 Å². The summed E-state index contributed by atoms with van der Waals surface area (Å²) in [5, 5.41) is 2.20. The van der Waals surface area contributed by atoms with E-state index in [9.17, 15) is 9.59 Å². The fraction of sp³-hybridized carbons (Fsp3) is 0.429. The van der Waals surface area contributed by atoms with Gasteiger partial charge in [0.15, 0.2) is 6.29 Å². The first-order chi connectivity index (χ1) is 9.10. The zero-order valence-corrected chi connectivity index (χ0v) is 11.4. The standard InChI is InChI=1S/C8H5NO2.C6H14O2/c10-7-5-3-1-2-4-6(5)8(11)9-7;1-4-7-6(3)8-5-2/h1-4H,(H,9,10,11);6H,4-5H2,1-3H3. The maximum Gasteiger partial charge on any atom is 0.258 e. The summed E-state index contributed by atoms with van der Waals surface area (Å²) < 4.78 is 10.1. The van der Waals surface area contributed by atoms with Gasteiger partial charge in [-0.25, -0.2) is 0 Å². The van der Waals surface area contributed by atoms with Crippen molar-refractivity contribution in [3.63, 3.8) is 0 Å². The van der Waals surface area contributed by atoms with Crippen LogP contribution in [-0.2, 0) is 9.47 Å². The lowest BCUT2D eigenvalue weighted by Gasteiger charge is -2.09. The van der Waals surface area contributed by atoms with Crippen LogP contribution in [0.5, 0.6) is 0 Å². The lowest BCUT2D eigenvalue weighted by molar-refractivity contribution is -0.123. The molecule has 0 atom stereocenters. The third-order valence-electron chi connectivity index (χ3n) is 2.45. The highest BCUT2D eigenvalue weighted by molar-refractivity contribution is 6.21. The summed E-state index contributed by atoms with van der Waals surface area (Å²) in [5.41, 5.74) is 0.940. The van der Waals surface area contributed by atoms with Gasteiger partial charge >= 0.3 is 0 Å². The summed E-state index contributed by atoms with van der Waals surface area (Å²) in [4.78, 5) is 21.9. The van der Waals surface area contributed by atoms with Crippen LogP contribution in [0.3, 0.4) is 0 Å². The largest absolute Gasteiger partial charge is 0.353 e.